The topological polar surface area (TPSA) is 44.7 Å². The molecule has 2 aliphatic carbocycles. The maximum Gasteiger partial charge on any atom is 0.338 e. The number of rotatable bonds is 5. The van der Waals surface area contributed by atoms with Crippen molar-refractivity contribution in [2.45, 2.75) is 91.1 Å². The Kier molecular flexibility index (Phi) is 5.25. The van der Waals surface area contributed by atoms with Gasteiger partial charge >= 0.3 is 6.03 Å². The number of hydrogen-bond acceptors (Lipinski definition) is 2. The highest BCUT2D eigenvalue weighted by Crippen LogP contribution is 2.65. The Morgan fingerprint density at radius 2 is 1.97 bits per heavy atom. The highest BCUT2D eigenvalue weighted by atomic mass is 16.2. The summed E-state index contributed by atoms with van der Waals surface area (Å²) in [7, 11) is 0. The summed E-state index contributed by atoms with van der Waals surface area (Å²) in [5.41, 5.74) is 2.89. The first-order valence-electron chi connectivity index (χ1n) is 11.5. The van der Waals surface area contributed by atoms with Crippen LogP contribution in [0.4, 0.5) is 4.79 Å². The van der Waals surface area contributed by atoms with Crippen molar-refractivity contribution in [3.05, 3.63) is 35.9 Å². The second-order valence-corrected chi connectivity index (χ2v) is 10.3. The van der Waals surface area contributed by atoms with Crippen molar-refractivity contribution in [1.29, 1.82) is 0 Å². The Morgan fingerprint density at radius 1 is 1.24 bits per heavy atom. The van der Waals surface area contributed by atoms with Crippen LogP contribution in [0, 0.1) is 16.7 Å². The van der Waals surface area contributed by atoms with Gasteiger partial charge in [-0.3, -0.25) is 0 Å². The van der Waals surface area contributed by atoms with E-state index in [1.807, 2.05) is 6.07 Å². The van der Waals surface area contributed by atoms with Crippen LogP contribution in [0.3, 0.4) is 0 Å². The lowest BCUT2D eigenvalue weighted by Crippen LogP contribution is -2.51. The van der Waals surface area contributed by atoms with Gasteiger partial charge in [0.05, 0.1) is 6.04 Å². The molecular weight excluding hydrogens is 358 g/mol. The first-order chi connectivity index (χ1) is 13.8. The van der Waals surface area contributed by atoms with Crippen LogP contribution >= 0.6 is 0 Å². The predicted molar refractivity (Wildman–Crippen MR) is 119 cm³/mol. The van der Waals surface area contributed by atoms with Crippen LogP contribution in [0.25, 0.3) is 0 Å². The fourth-order valence-corrected chi connectivity index (χ4v) is 6.27. The standard InChI is InChI=1S/C25H37N3O/c1-6-7-13-20-22(18-11-9-8-10-12-18)17(2)28(27-20)23(29)26-21-16-19-14-15-25(21,5)24(19,3)4/h8-12,17,19,21-22H,6-7,13-16H2,1-5H3,(H,26,29)/t17?,19-,21+,22?,25+/m1/s1. The minimum absolute atomic E-state index is 0.0143. The summed E-state index contributed by atoms with van der Waals surface area (Å²) < 4.78 is 0. The number of nitrogens with zero attached hydrogens (tertiary/aromatic N) is 2. The van der Waals surface area contributed by atoms with Gasteiger partial charge < -0.3 is 5.32 Å². The Labute approximate surface area is 176 Å². The van der Waals surface area contributed by atoms with Crippen LogP contribution in [-0.2, 0) is 0 Å². The molecule has 4 rings (SSSR count). The molecule has 2 saturated carbocycles. The predicted octanol–water partition coefficient (Wildman–Crippen LogP) is 5.94. The largest absolute Gasteiger partial charge is 0.338 e. The Hall–Kier alpha value is -1.84. The van der Waals surface area contributed by atoms with Crippen molar-refractivity contribution in [1.82, 2.24) is 10.3 Å². The molecule has 0 radical (unpaired) electrons. The van der Waals surface area contributed by atoms with Crippen LogP contribution in [0.5, 0.6) is 0 Å². The van der Waals surface area contributed by atoms with Gasteiger partial charge in [-0.25, -0.2) is 9.80 Å². The van der Waals surface area contributed by atoms with Crippen LogP contribution in [0.1, 0.15) is 84.6 Å². The van der Waals surface area contributed by atoms with E-state index in [-0.39, 0.29) is 29.4 Å². The zero-order chi connectivity index (χ0) is 20.8. The second-order valence-electron chi connectivity index (χ2n) is 10.3. The van der Waals surface area contributed by atoms with Gasteiger partial charge in [-0.2, -0.15) is 5.10 Å². The summed E-state index contributed by atoms with van der Waals surface area (Å²) in [6.07, 6.45) is 6.82. The normalized spacial score (nSPS) is 35.1. The molecular formula is C25H37N3O. The number of urea groups is 1. The maximum atomic E-state index is 13.3. The van der Waals surface area contributed by atoms with Gasteiger partial charge in [-0.05, 0) is 61.3 Å². The molecule has 1 heterocycles. The number of hydrogen-bond donors (Lipinski definition) is 1. The Bertz CT molecular complexity index is 787. The first kappa shape index (κ1) is 20.4. The van der Waals surface area contributed by atoms with Crippen LogP contribution in [0.2, 0.25) is 0 Å². The van der Waals surface area contributed by atoms with Gasteiger partial charge in [-0.15, -0.1) is 0 Å². The van der Waals surface area contributed by atoms with Gasteiger partial charge in [0.15, 0.2) is 0 Å². The smallest absolute Gasteiger partial charge is 0.333 e. The number of carbonyl (C=O) groups excluding carboxylic acids is 1. The van der Waals surface area contributed by atoms with E-state index in [1.165, 1.54) is 18.4 Å². The van der Waals surface area contributed by atoms with E-state index in [4.69, 9.17) is 5.10 Å². The van der Waals surface area contributed by atoms with Gasteiger partial charge in [0, 0.05) is 17.7 Å². The SMILES string of the molecule is CCCCC1=NN(C(=O)N[C@H]2C[C@H]3CC[C@]2(C)C3(C)C)C(C)C1c1ccccc1. The van der Waals surface area contributed by atoms with E-state index in [9.17, 15) is 4.79 Å². The number of fused-ring (bicyclic) bond motifs is 2. The summed E-state index contributed by atoms with van der Waals surface area (Å²) in [6, 6.07) is 10.8. The third-order valence-electron chi connectivity index (χ3n) is 8.71. The number of nitrogens with one attached hydrogen (secondary N) is 1. The quantitative estimate of drug-likeness (QED) is 0.658. The van der Waals surface area contributed by atoms with Crippen molar-refractivity contribution < 1.29 is 4.79 Å². The average molecular weight is 396 g/mol. The van der Waals surface area contributed by atoms with Gasteiger partial charge in [0.2, 0.25) is 0 Å². The summed E-state index contributed by atoms with van der Waals surface area (Å²) in [4.78, 5) is 13.3. The molecule has 1 aromatic rings. The minimum atomic E-state index is -0.0143. The van der Waals surface area contributed by atoms with E-state index in [2.05, 4.69) is 64.2 Å². The second kappa shape index (κ2) is 7.45. The lowest BCUT2D eigenvalue weighted by atomic mass is 9.69. The molecule has 158 valence electrons. The molecule has 2 fully saturated rings. The van der Waals surface area contributed by atoms with Crippen molar-refractivity contribution >= 4 is 11.7 Å². The molecule has 2 amide bonds. The number of unbranched alkanes of at least 4 members (excludes halogenated alkanes) is 1. The van der Waals surface area contributed by atoms with E-state index >= 15 is 0 Å². The molecule has 0 aromatic heterocycles. The minimum Gasteiger partial charge on any atom is -0.333 e. The lowest BCUT2D eigenvalue weighted by Gasteiger charge is -2.40. The molecule has 0 spiro atoms. The van der Waals surface area contributed by atoms with Crippen molar-refractivity contribution in [3.8, 4) is 0 Å². The van der Waals surface area contributed by atoms with Crippen LogP contribution in [0.15, 0.2) is 35.4 Å². The highest BCUT2D eigenvalue weighted by Gasteiger charge is 2.61. The number of hydrazone groups is 1. The molecule has 2 bridgehead atoms. The van der Waals surface area contributed by atoms with Crippen molar-refractivity contribution in [2.24, 2.45) is 21.8 Å². The van der Waals surface area contributed by atoms with Gasteiger partial charge in [0.1, 0.15) is 0 Å². The summed E-state index contributed by atoms with van der Waals surface area (Å²) in [6.45, 7) is 11.5. The molecule has 1 N–H and O–H groups in total. The Morgan fingerprint density at radius 3 is 2.55 bits per heavy atom. The maximum absolute atomic E-state index is 13.3. The lowest BCUT2D eigenvalue weighted by molar-refractivity contribution is 0.115. The van der Waals surface area contributed by atoms with E-state index < -0.39 is 0 Å². The zero-order valence-electron chi connectivity index (χ0n) is 18.7. The molecule has 29 heavy (non-hydrogen) atoms. The Balaban J connectivity index is 1.53. The molecule has 2 unspecified atom stereocenters. The number of amides is 2. The molecule has 1 aromatic carbocycles. The highest BCUT2D eigenvalue weighted by molar-refractivity contribution is 5.95. The van der Waals surface area contributed by atoms with Crippen molar-refractivity contribution in [2.75, 3.05) is 0 Å². The summed E-state index contributed by atoms with van der Waals surface area (Å²) in [5, 5.41) is 10.0. The summed E-state index contributed by atoms with van der Waals surface area (Å²) in [5.74, 6) is 0.912. The molecule has 4 heteroatoms. The molecule has 4 nitrogen and oxygen atoms in total. The fraction of sp³-hybridized carbons (Fsp3) is 0.680. The third kappa shape index (κ3) is 3.19. The van der Waals surface area contributed by atoms with E-state index in [0.717, 1.165) is 37.3 Å². The van der Waals surface area contributed by atoms with Crippen LogP contribution < -0.4 is 5.32 Å². The van der Waals surface area contributed by atoms with Gasteiger partial charge in [0.25, 0.3) is 0 Å². The van der Waals surface area contributed by atoms with Crippen LogP contribution in [-0.4, -0.2) is 28.8 Å². The number of benzene rings is 1. The average Bonchev–Trinajstić information content (AvgIpc) is 3.21. The van der Waals surface area contributed by atoms with Gasteiger partial charge in [-0.1, -0.05) is 64.4 Å². The molecule has 1 aliphatic heterocycles. The van der Waals surface area contributed by atoms with Crippen molar-refractivity contribution in [3.63, 3.8) is 0 Å². The monoisotopic (exact) mass is 395 g/mol. The molecule has 3 aliphatic rings. The number of carbonyl (C=O) groups is 1. The van der Waals surface area contributed by atoms with E-state index in [0.29, 0.717) is 5.41 Å². The zero-order valence-corrected chi connectivity index (χ0v) is 18.7. The fourth-order valence-electron chi connectivity index (χ4n) is 6.27. The third-order valence-corrected chi connectivity index (χ3v) is 8.71. The first-order valence-corrected chi connectivity index (χ1v) is 11.5. The molecule has 0 saturated heterocycles. The van der Waals surface area contributed by atoms with E-state index in [1.54, 1.807) is 5.01 Å². The summed E-state index contributed by atoms with van der Waals surface area (Å²) >= 11 is 0. The molecule has 5 atom stereocenters.